The SMILES string of the molecule is CCOC1CC(NC(=O)NC(CCC(=O)O)Cc2ccccc2)C12CCCO2. The second-order valence-electron chi connectivity index (χ2n) is 7.58. The van der Waals surface area contributed by atoms with Crippen molar-refractivity contribution >= 4 is 12.0 Å². The van der Waals surface area contributed by atoms with Gasteiger partial charge in [-0.15, -0.1) is 0 Å². The van der Waals surface area contributed by atoms with Crippen LogP contribution in [0.5, 0.6) is 0 Å². The largest absolute Gasteiger partial charge is 0.481 e. The Labute approximate surface area is 165 Å². The van der Waals surface area contributed by atoms with E-state index in [9.17, 15) is 9.59 Å². The number of carbonyl (C=O) groups excluding carboxylic acids is 1. The predicted molar refractivity (Wildman–Crippen MR) is 104 cm³/mol. The summed E-state index contributed by atoms with van der Waals surface area (Å²) in [6, 6.07) is 9.16. The number of urea groups is 1. The minimum Gasteiger partial charge on any atom is -0.481 e. The zero-order valence-corrected chi connectivity index (χ0v) is 16.4. The number of rotatable bonds is 9. The third-order valence-corrected chi connectivity index (χ3v) is 5.71. The molecule has 1 aliphatic carbocycles. The highest BCUT2D eigenvalue weighted by molar-refractivity contribution is 5.75. The number of hydrogen-bond acceptors (Lipinski definition) is 4. The third-order valence-electron chi connectivity index (χ3n) is 5.71. The minimum atomic E-state index is -0.864. The molecule has 1 saturated carbocycles. The van der Waals surface area contributed by atoms with Crippen molar-refractivity contribution in [3.05, 3.63) is 35.9 Å². The molecule has 1 spiro atoms. The molecular weight excluding hydrogens is 360 g/mol. The molecule has 154 valence electrons. The summed E-state index contributed by atoms with van der Waals surface area (Å²) in [5.74, 6) is -0.864. The quantitative estimate of drug-likeness (QED) is 0.602. The minimum absolute atomic E-state index is 0.0146. The standard InChI is InChI=1S/C21H30N2O5/c1-2-27-18-14-17(21(18)11-6-12-28-21)23-20(26)22-16(9-10-19(24)25)13-15-7-4-3-5-8-15/h3-5,7-8,16-18H,2,6,9-14H2,1H3,(H,24,25)(H2,22,23,26). The summed E-state index contributed by atoms with van der Waals surface area (Å²) in [5, 5.41) is 15.0. The number of nitrogens with one attached hydrogen (secondary N) is 2. The Morgan fingerprint density at radius 3 is 2.79 bits per heavy atom. The van der Waals surface area contributed by atoms with Crippen LogP contribution in [-0.2, 0) is 20.7 Å². The van der Waals surface area contributed by atoms with E-state index in [1.165, 1.54) is 0 Å². The van der Waals surface area contributed by atoms with Gasteiger partial charge in [-0.1, -0.05) is 30.3 Å². The maximum Gasteiger partial charge on any atom is 0.315 e. The van der Waals surface area contributed by atoms with E-state index in [0.717, 1.165) is 24.8 Å². The molecular formula is C21H30N2O5. The average molecular weight is 390 g/mol. The van der Waals surface area contributed by atoms with E-state index in [0.29, 0.717) is 26.1 Å². The Morgan fingerprint density at radius 2 is 2.14 bits per heavy atom. The lowest BCUT2D eigenvalue weighted by atomic mass is 9.70. The van der Waals surface area contributed by atoms with Gasteiger partial charge in [0.2, 0.25) is 0 Å². The molecule has 2 fully saturated rings. The molecule has 1 heterocycles. The zero-order valence-electron chi connectivity index (χ0n) is 16.4. The number of aliphatic carboxylic acids is 1. The third kappa shape index (κ3) is 4.83. The Kier molecular flexibility index (Phi) is 6.91. The van der Waals surface area contributed by atoms with Crippen molar-refractivity contribution in [1.29, 1.82) is 0 Å². The second kappa shape index (κ2) is 9.39. The Hall–Kier alpha value is -2.12. The summed E-state index contributed by atoms with van der Waals surface area (Å²) >= 11 is 0. The second-order valence-corrected chi connectivity index (χ2v) is 7.58. The van der Waals surface area contributed by atoms with Gasteiger partial charge in [0.15, 0.2) is 0 Å². The summed E-state index contributed by atoms with van der Waals surface area (Å²) < 4.78 is 11.8. The fourth-order valence-electron chi connectivity index (χ4n) is 4.29. The molecule has 2 amide bonds. The molecule has 4 atom stereocenters. The van der Waals surface area contributed by atoms with E-state index in [1.54, 1.807) is 0 Å². The maximum absolute atomic E-state index is 12.6. The van der Waals surface area contributed by atoms with Crippen molar-refractivity contribution in [3.63, 3.8) is 0 Å². The summed E-state index contributed by atoms with van der Waals surface area (Å²) in [4.78, 5) is 23.6. The van der Waals surface area contributed by atoms with E-state index in [1.807, 2.05) is 37.3 Å². The highest BCUT2D eigenvalue weighted by atomic mass is 16.6. The van der Waals surface area contributed by atoms with Gasteiger partial charge in [-0.2, -0.15) is 0 Å². The van der Waals surface area contributed by atoms with Crippen LogP contribution in [-0.4, -0.2) is 54.1 Å². The van der Waals surface area contributed by atoms with E-state index in [4.69, 9.17) is 14.6 Å². The number of carbonyl (C=O) groups is 2. The van der Waals surface area contributed by atoms with E-state index < -0.39 is 11.6 Å². The number of ether oxygens (including phenoxy) is 2. The van der Waals surface area contributed by atoms with Crippen LogP contribution in [0.15, 0.2) is 30.3 Å². The molecule has 3 N–H and O–H groups in total. The topological polar surface area (TPSA) is 96.9 Å². The van der Waals surface area contributed by atoms with E-state index >= 15 is 0 Å². The first kappa shape index (κ1) is 20.6. The van der Waals surface area contributed by atoms with Gasteiger partial charge in [-0.25, -0.2) is 4.79 Å². The smallest absolute Gasteiger partial charge is 0.315 e. The zero-order chi connectivity index (χ0) is 20.0. The monoisotopic (exact) mass is 390 g/mol. The van der Waals surface area contributed by atoms with Crippen molar-refractivity contribution in [2.45, 2.75) is 69.2 Å². The van der Waals surface area contributed by atoms with Crippen molar-refractivity contribution in [2.75, 3.05) is 13.2 Å². The summed E-state index contributed by atoms with van der Waals surface area (Å²) in [5.41, 5.74) is 0.650. The van der Waals surface area contributed by atoms with Gasteiger partial charge in [0.25, 0.3) is 0 Å². The molecule has 1 aliphatic heterocycles. The number of carboxylic acids is 1. The van der Waals surface area contributed by atoms with Gasteiger partial charge in [-0.3, -0.25) is 4.79 Å². The average Bonchev–Trinajstić information content (AvgIpc) is 3.19. The number of carboxylic acid groups (broad SMARTS) is 1. The molecule has 0 bridgehead atoms. The van der Waals surface area contributed by atoms with Crippen LogP contribution in [0.1, 0.15) is 44.6 Å². The first-order valence-corrected chi connectivity index (χ1v) is 10.1. The van der Waals surface area contributed by atoms with Crippen molar-refractivity contribution in [2.24, 2.45) is 0 Å². The van der Waals surface area contributed by atoms with Crippen LogP contribution in [0.4, 0.5) is 4.79 Å². The number of benzene rings is 1. The fraction of sp³-hybridized carbons (Fsp3) is 0.619. The summed E-state index contributed by atoms with van der Waals surface area (Å²) in [6.07, 6.45) is 3.60. The van der Waals surface area contributed by atoms with Gasteiger partial charge in [0, 0.05) is 25.7 Å². The first-order valence-electron chi connectivity index (χ1n) is 10.1. The van der Waals surface area contributed by atoms with Gasteiger partial charge in [0.05, 0.1) is 12.1 Å². The fourth-order valence-corrected chi connectivity index (χ4v) is 4.29. The van der Waals surface area contributed by atoms with E-state index in [2.05, 4.69) is 10.6 Å². The molecule has 1 saturated heterocycles. The van der Waals surface area contributed by atoms with Gasteiger partial charge < -0.3 is 25.2 Å². The lowest BCUT2D eigenvalue weighted by molar-refractivity contribution is -0.194. The van der Waals surface area contributed by atoms with Crippen molar-refractivity contribution < 1.29 is 24.2 Å². The molecule has 1 aromatic carbocycles. The molecule has 4 unspecified atom stereocenters. The predicted octanol–water partition coefficient (Wildman–Crippen LogP) is 2.49. The lowest BCUT2D eigenvalue weighted by Crippen LogP contribution is -2.70. The van der Waals surface area contributed by atoms with Gasteiger partial charge in [0.1, 0.15) is 5.60 Å². The van der Waals surface area contributed by atoms with Crippen molar-refractivity contribution in [1.82, 2.24) is 10.6 Å². The number of hydrogen-bond donors (Lipinski definition) is 3. The Morgan fingerprint density at radius 1 is 1.36 bits per heavy atom. The van der Waals surface area contributed by atoms with Crippen LogP contribution in [0.25, 0.3) is 0 Å². The molecule has 7 nitrogen and oxygen atoms in total. The number of amides is 2. The molecule has 1 aromatic rings. The Balaban J connectivity index is 1.57. The molecule has 3 rings (SSSR count). The van der Waals surface area contributed by atoms with Gasteiger partial charge >= 0.3 is 12.0 Å². The Bertz CT molecular complexity index is 660. The molecule has 28 heavy (non-hydrogen) atoms. The molecule has 0 radical (unpaired) electrons. The maximum atomic E-state index is 12.6. The van der Waals surface area contributed by atoms with Crippen LogP contribution in [0.2, 0.25) is 0 Å². The van der Waals surface area contributed by atoms with Crippen LogP contribution >= 0.6 is 0 Å². The summed E-state index contributed by atoms with van der Waals surface area (Å²) in [7, 11) is 0. The molecule has 7 heteroatoms. The summed E-state index contributed by atoms with van der Waals surface area (Å²) in [6.45, 7) is 3.29. The van der Waals surface area contributed by atoms with Gasteiger partial charge in [-0.05, 0) is 44.6 Å². The highest BCUT2D eigenvalue weighted by Gasteiger charge is 2.59. The van der Waals surface area contributed by atoms with Crippen LogP contribution in [0, 0.1) is 0 Å². The van der Waals surface area contributed by atoms with Crippen molar-refractivity contribution in [3.8, 4) is 0 Å². The normalized spacial score (nSPS) is 27.2. The first-order chi connectivity index (χ1) is 13.5. The molecule has 0 aromatic heterocycles. The lowest BCUT2D eigenvalue weighted by Gasteiger charge is -2.52. The highest BCUT2D eigenvalue weighted by Crippen LogP contribution is 2.45. The van der Waals surface area contributed by atoms with E-state index in [-0.39, 0.29) is 30.6 Å². The van der Waals surface area contributed by atoms with Crippen LogP contribution < -0.4 is 10.6 Å². The molecule has 2 aliphatic rings. The van der Waals surface area contributed by atoms with Crippen LogP contribution in [0.3, 0.4) is 0 Å².